The SMILES string of the molecule is Cc1nc(CC(=O)NCC(C)(C)c2ccco2)cs1. The molecule has 2 rings (SSSR count). The van der Waals surface area contributed by atoms with Gasteiger partial charge in [0.2, 0.25) is 5.91 Å². The van der Waals surface area contributed by atoms with Crippen molar-refractivity contribution in [1.82, 2.24) is 10.3 Å². The molecule has 0 aliphatic heterocycles. The maximum atomic E-state index is 11.9. The second-order valence-electron chi connectivity index (χ2n) is 5.17. The van der Waals surface area contributed by atoms with Crippen LogP contribution in [0.15, 0.2) is 28.2 Å². The smallest absolute Gasteiger partial charge is 0.226 e. The molecule has 1 N–H and O–H groups in total. The van der Waals surface area contributed by atoms with E-state index in [2.05, 4.69) is 10.3 Å². The number of furan rings is 1. The van der Waals surface area contributed by atoms with E-state index in [1.165, 1.54) is 0 Å². The van der Waals surface area contributed by atoms with Gasteiger partial charge >= 0.3 is 0 Å². The Morgan fingerprint density at radius 2 is 2.32 bits per heavy atom. The number of amides is 1. The highest BCUT2D eigenvalue weighted by Crippen LogP contribution is 2.22. The number of nitrogens with zero attached hydrogens (tertiary/aromatic N) is 1. The Bertz CT molecular complexity index is 544. The van der Waals surface area contributed by atoms with E-state index in [1.807, 2.05) is 38.3 Å². The Hall–Kier alpha value is -1.62. The zero-order valence-electron chi connectivity index (χ0n) is 11.4. The summed E-state index contributed by atoms with van der Waals surface area (Å²) in [5, 5.41) is 5.84. The summed E-state index contributed by atoms with van der Waals surface area (Å²) in [5.74, 6) is 0.863. The normalized spacial score (nSPS) is 11.5. The van der Waals surface area contributed by atoms with Crippen LogP contribution in [0.1, 0.15) is 30.3 Å². The molecule has 2 aromatic rings. The van der Waals surface area contributed by atoms with Crippen molar-refractivity contribution in [2.45, 2.75) is 32.6 Å². The molecule has 0 aliphatic rings. The molecule has 0 radical (unpaired) electrons. The van der Waals surface area contributed by atoms with Gasteiger partial charge in [-0.2, -0.15) is 0 Å². The number of nitrogens with one attached hydrogen (secondary N) is 1. The third-order valence-electron chi connectivity index (χ3n) is 2.92. The Balaban J connectivity index is 1.87. The van der Waals surface area contributed by atoms with Gasteiger partial charge in [0, 0.05) is 17.3 Å². The molecule has 0 unspecified atom stereocenters. The number of carbonyl (C=O) groups excluding carboxylic acids is 1. The van der Waals surface area contributed by atoms with E-state index < -0.39 is 0 Å². The Morgan fingerprint density at radius 3 is 2.89 bits per heavy atom. The number of thiazole rings is 1. The van der Waals surface area contributed by atoms with Gasteiger partial charge in [-0.3, -0.25) is 4.79 Å². The van der Waals surface area contributed by atoms with Crippen molar-refractivity contribution >= 4 is 17.2 Å². The topological polar surface area (TPSA) is 55.1 Å². The monoisotopic (exact) mass is 278 g/mol. The van der Waals surface area contributed by atoms with Crippen molar-refractivity contribution in [3.63, 3.8) is 0 Å². The van der Waals surface area contributed by atoms with Crippen LogP contribution in [0.4, 0.5) is 0 Å². The summed E-state index contributed by atoms with van der Waals surface area (Å²) in [6, 6.07) is 3.78. The molecule has 4 nitrogen and oxygen atoms in total. The van der Waals surface area contributed by atoms with Crippen molar-refractivity contribution in [3.05, 3.63) is 40.2 Å². The zero-order chi connectivity index (χ0) is 13.9. The second kappa shape index (κ2) is 5.57. The van der Waals surface area contributed by atoms with Crippen molar-refractivity contribution in [2.75, 3.05) is 6.54 Å². The fourth-order valence-electron chi connectivity index (χ4n) is 1.79. The lowest BCUT2D eigenvalue weighted by Gasteiger charge is -2.22. The van der Waals surface area contributed by atoms with Crippen molar-refractivity contribution < 1.29 is 9.21 Å². The Morgan fingerprint density at radius 1 is 1.53 bits per heavy atom. The van der Waals surface area contributed by atoms with E-state index >= 15 is 0 Å². The van der Waals surface area contributed by atoms with E-state index in [0.717, 1.165) is 16.5 Å². The molecule has 2 heterocycles. The molecular weight excluding hydrogens is 260 g/mol. The van der Waals surface area contributed by atoms with Crippen LogP contribution in [0.5, 0.6) is 0 Å². The molecule has 2 aromatic heterocycles. The number of rotatable bonds is 5. The van der Waals surface area contributed by atoms with E-state index in [4.69, 9.17) is 4.42 Å². The van der Waals surface area contributed by atoms with Gasteiger partial charge in [0.15, 0.2) is 0 Å². The van der Waals surface area contributed by atoms with Gasteiger partial charge < -0.3 is 9.73 Å². The molecule has 0 saturated carbocycles. The minimum Gasteiger partial charge on any atom is -0.469 e. The average Bonchev–Trinajstić information content (AvgIpc) is 2.98. The van der Waals surface area contributed by atoms with Gasteiger partial charge in [0.25, 0.3) is 0 Å². The van der Waals surface area contributed by atoms with Gasteiger partial charge in [-0.25, -0.2) is 4.98 Å². The number of aryl methyl sites for hydroxylation is 1. The first-order valence-electron chi connectivity index (χ1n) is 6.19. The van der Waals surface area contributed by atoms with E-state index in [1.54, 1.807) is 17.6 Å². The van der Waals surface area contributed by atoms with Crippen molar-refractivity contribution in [3.8, 4) is 0 Å². The van der Waals surface area contributed by atoms with Gasteiger partial charge in [0.05, 0.1) is 23.4 Å². The molecule has 1 amide bonds. The number of hydrogen-bond acceptors (Lipinski definition) is 4. The average molecular weight is 278 g/mol. The molecule has 0 atom stereocenters. The van der Waals surface area contributed by atoms with Crippen LogP contribution in [0.2, 0.25) is 0 Å². The first kappa shape index (κ1) is 13.8. The van der Waals surface area contributed by atoms with Crippen LogP contribution in [-0.2, 0) is 16.6 Å². The highest BCUT2D eigenvalue weighted by atomic mass is 32.1. The lowest BCUT2D eigenvalue weighted by atomic mass is 9.90. The van der Waals surface area contributed by atoms with Crippen molar-refractivity contribution in [2.24, 2.45) is 0 Å². The van der Waals surface area contributed by atoms with Gasteiger partial charge in [0.1, 0.15) is 5.76 Å². The molecule has 0 bridgehead atoms. The standard InChI is InChI=1S/C14H18N2O2S/c1-10-16-11(8-19-10)7-13(17)15-9-14(2,3)12-5-4-6-18-12/h4-6,8H,7,9H2,1-3H3,(H,15,17). The van der Waals surface area contributed by atoms with Gasteiger partial charge in [-0.05, 0) is 19.1 Å². The van der Waals surface area contributed by atoms with Crippen LogP contribution >= 0.6 is 11.3 Å². The summed E-state index contributed by atoms with van der Waals surface area (Å²) < 4.78 is 5.39. The van der Waals surface area contributed by atoms with E-state index in [0.29, 0.717) is 13.0 Å². The molecule has 0 aliphatic carbocycles. The quantitative estimate of drug-likeness (QED) is 0.915. The third kappa shape index (κ3) is 3.67. The number of aromatic nitrogens is 1. The second-order valence-corrected chi connectivity index (χ2v) is 6.23. The highest BCUT2D eigenvalue weighted by Gasteiger charge is 2.24. The summed E-state index contributed by atoms with van der Waals surface area (Å²) in [6.45, 7) is 6.56. The van der Waals surface area contributed by atoms with Crippen LogP contribution in [0, 0.1) is 6.92 Å². The summed E-state index contributed by atoms with van der Waals surface area (Å²) in [6.07, 6.45) is 1.98. The fraction of sp³-hybridized carbons (Fsp3) is 0.429. The van der Waals surface area contributed by atoms with Crippen molar-refractivity contribution in [1.29, 1.82) is 0 Å². The minimum atomic E-state index is -0.211. The summed E-state index contributed by atoms with van der Waals surface area (Å²) in [4.78, 5) is 16.1. The molecule has 19 heavy (non-hydrogen) atoms. The maximum absolute atomic E-state index is 11.9. The molecular formula is C14H18N2O2S. The number of carbonyl (C=O) groups is 1. The molecule has 0 fully saturated rings. The molecule has 0 saturated heterocycles. The summed E-state index contributed by atoms with van der Waals surface area (Å²) in [7, 11) is 0. The predicted molar refractivity (Wildman–Crippen MR) is 75.3 cm³/mol. The predicted octanol–water partition coefficient (Wildman–Crippen LogP) is 2.68. The third-order valence-corrected chi connectivity index (χ3v) is 3.75. The fourth-order valence-corrected chi connectivity index (χ4v) is 2.40. The summed E-state index contributed by atoms with van der Waals surface area (Å²) in [5.41, 5.74) is 0.618. The minimum absolute atomic E-state index is 0.00932. The highest BCUT2D eigenvalue weighted by molar-refractivity contribution is 7.09. The Kier molecular flexibility index (Phi) is 4.04. The zero-order valence-corrected chi connectivity index (χ0v) is 12.2. The lowest BCUT2D eigenvalue weighted by molar-refractivity contribution is -0.120. The van der Waals surface area contributed by atoms with Crippen LogP contribution in [-0.4, -0.2) is 17.4 Å². The van der Waals surface area contributed by atoms with Gasteiger partial charge in [-0.15, -0.1) is 11.3 Å². The maximum Gasteiger partial charge on any atom is 0.226 e. The first-order valence-corrected chi connectivity index (χ1v) is 7.07. The largest absolute Gasteiger partial charge is 0.469 e. The first-order chi connectivity index (χ1) is 8.97. The lowest BCUT2D eigenvalue weighted by Crippen LogP contribution is -2.37. The number of hydrogen-bond donors (Lipinski definition) is 1. The molecule has 102 valence electrons. The van der Waals surface area contributed by atoms with E-state index in [-0.39, 0.29) is 11.3 Å². The van der Waals surface area contributed by atoms with Crippen LogP contribution < -0.4 is 5.32 Å². The van der Waals surface area contributed by atoms with Crippen LogP contribution in [0.25, 0.3) is 0 Å². The van der Waals surface area contributed by atoms with Crippen LogP contribution in [0.3, 0.4) is 0 Å². The molecule has 0 spiro atoms. The molecule has 5 heteroatoms. The van der Waals surface area contributed by atoms with Gasteiger partial charge in [-0.1, -0.05) is 13.8 Å². The Labute approximate surface area is 116 Å². The van der Waals surface area contributed by atoms with E-state index in [9.17, 15) is 4.79 Å². The molecule has 0 aromatic carbocycles. The summed E-state index contributed by atoms with van der Waals surface area (Å²) >= 11 is 1.56.